The summed E-state index contributed by atoms with van der Waals surface area (Å²) in [6, 6.07) is 19.4. The average molecular weight is 259 g/mol. The van der Waals surface area contributed by atoms with Crippen molar-refractivity contribution in [2.24, 2.45) is 0 Å². The summed E-state index contributed by atoms with van der Waals surface area (Å²) in [7, 11) is 0. The van der Waals surface area contributed by atoms with Crippen LogP contribution in [0.4, 0.5) is 0 Å². The van der Waals surface area contributed by atoms with Gasteiger partial charge in [0, 0.05) is 6.42 Å². The van der Waals surface area contributed by atoms with Gasteiger partial charge in [0.15, 0.2) is 0 Å². The monoisotopic (exact) mass is 259 g/mol. The Balaban J connectivity index is 2.13. The molecule has 0 heterocycles. The maximum Gasteiger partial charge on any atom is 0.0625 e. The fourth-order valence-electron chi connectivity index (χ4n) is 2.89. The van der Waals surface area contributed by atoms with Crippen molar-refractivity contribution in [3.8, 4) is 6.07 Å². The summed E-state index contributed by atoms with van der Waals surface area (Å²) in [5.41, 5.74) is 6.70. The van der Waals surface area contributed by atoms with Gasteiger partial charge in [-0.15, -0.1) is 0 Å². The normalized spacial score (nSPS) is 15.8. The van der Waals surface area contributed by atoms with Gasteiger partial charge in [-0.05, 0) is 47.1 Å². The fraction of sp³-hybridized carbons (Fsp3) is 0.211. The predicted octanol–water partition coefficient (Wildman–Crippen LogP) is 4.63. The van der Waals surface area contributed by atoms with Crippen molar-refractivity contribution in [1.29, 1.82) is 5.26 Å². The molecule has 0 aromatic heterocycles. The van der Waals surface area contributed by atoms with Gasteiger partial charge in [-0.25, -0.2) is 0 Å². The molecule has 0 saturated carbocycles. The first kappa shape index (κ1) is 12.7. The third-order valence-corrected chi connectivity index (χ3v) is 3.92. The van der Waals surface area contributed by atoms with Crippen LogP contribution in [-0.4, -0.2) is 0 Å². The lowest BCUT2D eigenvalue weighted by Crippen LogP contribution is -2.02. The highest BCUT2D eigenvalue weighted by atomic mass is 14.2. The van der Waals surface area contributed by atoms with Crippen LogP contribution in [0.2, 0.25) is 0 Å². The zero-order chi connectivity index (χ0) is 13.8. The number of nitriles is 1. The van der Waals surface area contributed by atoms with Crippen LogP contribution in [0, 0.1) is 11.3 Å². The van der Waals surface area contributed by atoms with E-state index in [4.69, 9.17) is 5.26 Å². The SMILES string of the molecule is N#CCC/C1=C/c2ccccc2CCc2ccccc21. The fourth-order valence-corrected chi connectivity index (χ4v) is 2.89. The Morgan fingerprint density at radius 2 is 1.60 bits per heavy atom. The van der Waals surface area contributed by atoms with Crippen molar-refractivity contribution in [1.82, 2.24) is 0 Å². The molecule has 1 aliphatic rings. The first-order valence-corrected chi connectivity index (χ1v) is 7.12. The maximum atomic E-state index is 8.89. The van der Waals surface area contributed by atoms with Gasteiger partial charge in [-0.1, -0.05) is 54.6 Å². The van der Waals surface area contributed by atoms with Crippen LogP contribution in [0.25, 0.3) is 11.6 Å². The van der Waals surface area contributed by atoms with Crippen LogP contribution < -0.4 is 0 Å². The number of nitrogens with zero attached hydrogens (tertiary/aromatic N) is 1. The first-order valence-electron chi connectivity index (χ1n) is 7.12. The second-order valence-corrected chi connectivity index (χ2v) is 5.18. The standard InChI is InChI=1S/C19H17N/c20-13-5-9-18-14-17-8-2-1-6-15(17)11-12-16-7-3-4-10-19(16)18/h1-4,6-8,10,14H,5,9,11-12H2/b18-14-. The Morgan fingerprint density at radius 3 is 2.45 bits per heavy atom. The smallest absolute Gasteiger partial charge is 0.0625 e. The molecule has 1 aliphatic carbocycles. The Morgan fingerprint density at radius 1 is 0.900 bits per heavy atom. The van der Waals surface area contributed by atoms with Crippen LogP contribution in [-0.2, 0) is 12.8 Å². The zero-order valence-electron chi connectivity index (χ0n) is 11.5. The molecule has 0 aliphatic heterocycles. The molecule has 0 radical (unpaired) electrons. The zero-order valence-corrected chi connectivity index (χ0v) is 11.5. The van der Waals surface area contributed by atoms with E-state index < -0.39 is 0 Å². The van der Waals surface area contributed by atoms with Crippen LogP contribution in [0.1, 0.15) is 35.1 Å². The van der Waals surface area contributed by atoms with Gasteiger partial charge in [0.05, 0.1) is 6.07 Å². The third kappa shape index (κ3) is 2.51. The molecule has 0 unspecified atom stereocenters. The minimum Gasteiger partial charge on any atom is -0.198 e. The maximum absolute atomic E-state index is 8.89. The Kier molecular flexibility index (Phi) is 3.65. The van der Waals surface area contributed by atoms with E-state index in [9.17, 15) is 0 Å². The summed E-state index contributed by atoms with van der Waals surface area (Å²) >= 11 is 0. The lowest BCUT2D eigenvalue weighted by atomic mass is 9.87. The summed E-state index contributed by atoms with van der Waals surface area (Å²) < 4.78 is 0. The molecule has 0 fully saturated rings. The lowest BCUT2D eigenvalue weighted by Gasteiger charge is -2.17. The van der Waals surface area contributed by atoms with Gasteiger partial charge >= 0.3 is 0 Å². The summed E-state index contributed by atoms with van der Waals surface area (Å²) in [5, 5.41) is 8.89. The van der Waals surface area contributed by atoms with E-state index in [1.807, 2.05) is 0 Å². The average Bonchev–Trinajstić information content (AvgIpc) is 2.48. The van der Waals surface area contributed by atoms with Crippen LogP contribution in [0.3, 0.4) is 0 Å². The summed E-state index contributed by atoms with van der Waals surface area (Å²) in [4.78, 5) is 0. The van der Waals surface area contributed by atoms with E-state index in [1.165, 1.54) is 27.8 Å². The molecule has 0 bridgehead atoms. The van der Waals surface area contributed by atoms with Gasteiger partial charge in [-0.2, -0.15) is 5.26 Å². The van der Waals surface area contributed by atoms with Crippen molar-refractivity contribution in [2.45, 2.75) is 25.7 Å². The van der Waals surface area contributed by atoms with E-state index >= 15 is 0 Å². The third-order valence-electron chi connectivity index (χ3n) is 3.92. The van der Waals surface area contributed by atoms with Crippen LogP contribution >= 0.6 is 0 Å². The van der Waals surface area contributed by atoms with Crippen molar-refractivity contribution < 1.29 is 0 Å². The number of hydrogen-bond acceptors (Lipinski definition) is 1. The molecule has 2 aromatic carbocycles. The summed E-state index contributed by atoms with van der Waals surface area (Å²) in [5.74, 6) is 0. The molecule has 1 nitrogen and oxygen atoms in total. The number of hydrogen-bond donors (Lipinski definition) is 0. The Labute approximate surface area is 120 Å². The Bertz CT molecular complexity index is 689. The number of rotatable bonds is 2. The molecule has 3 rings (SSSR count). The second kappa shape index (κ2) is 5.75. The highest BCUT2D eigenvalue weighted by Crippen LogP contribution is 2.30. The quantitative estimate of drug-likeness (QED) is 0.771. The minimum absolute atomic E-state index is 0.572. The van der Waals surface area contributed by atoms with Crippen LogP contribution in [0.5, 0.6) is 0 Å². The van der Waals surface area contributed by atoms with Gasteiger partial charge in [-0.3, -0.25) is 0 Å². The highest BCUT2D eigenvalue weighted by molar-refractivity contribution is 5.84. The molecule has 20 heavy (non-hydrogen) atoms. The van der Waals surface area contributed by atoms with Gasteiger partial charge < -0.3 is 0 Å². The second-order valence-electron chi connectivity index (χ2n) is 5.18. The largest absolute Gasteiger partial charge is 0.198 e. The molecule has 98 valence electrons. The van der Waals surface area contributed by atoms with Crippen molar-refractivity contribution in [3.63, 3.8) is 0 Å². The van der Waals surface area contributed by atoms with E-state index in [-0.39, 0.29) is 0 Å². The van der Waals surface area contributed by atoms with Crippen molar-refractivity contribution >= 4 is 11.6 Å². The molecular formula is C19H17N. The van der Waals surface area contributed by atoms with Crippen molar-refractivity contribution in [2.75, 3.05) is 0 Å². The number of aryl methyl sites for hydroxylation is 2. The molecule has 1 heteroatoms. The lowest BCUT2D eigenvalue weighted by molar-refractivity contribution is 0.944. The molecular weight excluding hydrogens is 242 g/mol. The van der Waals surface area contributed by atoms with Gasteiger partial charge in [0.2, 0.25) is 0 Å². The van der Waals surface area contributed by atoms with Gasteiger partial charge in [0.25, 0.3) is 0 Å². The highest BCUT2D eigenvalue weighted by Gasteiger charge is 2.12. The molecule has 2 aromatic rings. The number of allylic oxidation sites excluding steroid dienone is 1. The number of benzene rings is 2. The van der Waals surface area contributed by atoms with Crippen molar-refractivity contribution in [3.05, 3.63) is 70.8 Å². The van der Waals surface area contributed by atoms with E-state index in [0.29, 0.717) is 6.42 Å². The first-order chi connectivity index (χ1) is 9.88. The Hall–Kier alpha value is -2.33. The van der Waals surface area contributed by atoms with E-state index in [0.717, 1.165) is 19.3 Å². The summed E-state index contributed by atoms with van der Waals surface area (Å²) in [6.45, 7) is 0. The molecule has 0 amide bonds. The predicted molar refractivity (Wildman–Crippen MR) is 83.0 cm³/mol. The van der Waals surface area contributed by atoms with E-state index in [1.54, 1.807) is 0 Å². The minimum atomic E-state index is 0.572. The summed E-state index contributed by atoms with van der Waals surface area (Å²) in [6.07, 6.45) is 5.81. The molecule has 0 N–H and O–H groups in total. The molecule has 0 spiro atoms. The molecule has 0 atom stereocenters. The van der Waals surface area contributed by atoms with Gasteiger partial charge in [0.1, 0.15) is 0 Å². The topological polar surface area (TPSA) is 23.8 Å². The number of fused-ring (bicyclic) bond motifs is 2. The van der Waals surface area contributed by atoms with E-state index in [2.05, 4.69) is 60.7 Å². The molecule has 0 saturated heterocycles. The van der Waals surface area contributed by atoms with Crippen LogP contribution in [0.15, 0.2) is 48.5 Å².